The van der Waals surface area contributed by atoms with Crippen LogP contribution >= 0.6 is 0 Å². The number of benzene rings is 2. The van der Waals surface area contributed by atoms with Gasteiger partial charge in [-0.15, -0.1) is 0 Å². The van der Waals surface area contributed by atoms with Crippen LogP contribution in [0.3, 0.4) is 0 Å². The number of allylic oxidation sites excluding steroid dienone is 2. The molecule has 0 fully saturated rings. The second-order valence-corrected chi connectivity index (χ2v) is 6.80. The van der Waals surface area contributed by atoms with E-state index in [2.05, 4.69) is 0 Å². The van der Waals surface area contributed by atoms with Gasteiger partial charge in [-0.2, -0.15) is 0 Å². The van der Waals surface area contributed by atoms with E-state index in [0.717, 1.165) is 11.1 Å². The third-order valence-corrected chi connectivity index (χ3v) is 5.14. The molecule has 0 radical (unpaired) electrons. The predicted molar refractivity (Wildman–Crippen MR) is 101 cm³/mol. The monoisotopic (exact) mass is 346 g/mol. The number of ketones is 3. The lowest BCUT2D eigenvalue weighted by atomic mass is 9.68. The van der Waals surface area contributed by atoms with Gasteiger partial charge in [0.25, 0.3) is 0 Å². The summed E-state index contributed by atoms with van der Waals surface area (Å²) < 4.78 is 0. The molecule has 26 heavy (non-hydrogen) atoms. The summed E-state index contributed by atoms with van der Waals surface area (Å²) in [6.45, 7) is 1.44. The maximum absolute atomic E-state index is 13.0. The zero-order chi connectivity index (χ0) is 18.6. The molecule has 0 aromatic heterocycles. The van der Waals surface area contributed by atoms with E-state index in [1.54, 1.807) is 12.1 Å². The zero-order valence-corrected chi connectivity index (χ0v) is 14.9. The van der Waals surface area contributed by atoms with Crippen molar-refractivity contribution in [3.05, 3.63) is 83.4 Å². The number of carbonyl (C=O) groups excluding carboxylic acids is 3. The molecule has 0 aliphatic heterocycles. The Hall–Kier alpha value is -2.81. The van der Waals surface area contributed by atoms with Gasteiger partial charge in [-0.1, -0.05) is 60.7 Å². The van der Waals surface area contributed by atoms with Crippen molar-refractivity contribution in [2.45, 2.75) is 32.6 Å². The highest BCUT2D eigenvalue weighted by Gasteiger charge is 2.44. The summed E-state index contributed by atoms with van der Waals surface area (Å²) in [6, 6.07) is 17.2. The number of Topliss-reactive ketones (excluding diaryl/α,β-unsaturated/α-hetero) is 2. The van der Waals surface area contributed by atoms with E-state index < -0.39 is 5.41 Å². The Labute approximate surface area is 153 Å². The summed E-state index contributed by atoms with van der Waals surface area (Å²) in [6.07, 6.45) is 5.05. The Morgan fingerprint density at radius 1 is 1.04 bits per heavy atom. The Morgan fingerprint density at radius 3 is 2.46 bits per heavy atom. The molecule has 0 unspecified atom stereocenters. The topological polar surface area (TPSA) is 51.2 Å². The van der Waals surface area contributed by atoms with Crippen molar-refractivity contribution in [1.29, 1.82) is 0 Å². The summed E-state index contributed by atoms with van der Waals surface area (Å²) in [5.41, 5.74) is 1.45. The molecule has 0 spiro atoms. The fourth-order valence-corrected chi connectivity index (χ4v) is 3.49. The number of carbonyl (C=O) groups is 3. The van der Waals surface area contributed by atoms with Crippen LogP contribution in [-0.4, -0.2) is 17.3 Å². The minimum atomic E-state index is -1.21. The van der Waals surface area contributed by atoms with Gasteiger partial charge >= 0.3 is 0 Å². The molecule has 1 atom stereocenters. The normalized spacial score (nSPS) is 19.3. The van der Waals surface area contributed by atoms with Crippen molar-refractivity contribution in [1.82, 2.24) is 0 Å². The van der Waals surface area contributed by atoms with Crippen LogP contribution < -0.4 is 0 Å². The van der Waals surface area contributed by atoms with E-state index in [4.69, 9.17) is 0 Å². The summed E-state index contributed by atoms with van der Waals surface area (Å²) in [7, 11) is 0. The van der Waals surface area contributed by atoms with Crippen LogP contribution in [-0.2, 0) is 22.4 Å². The Morgan fingerprint density at radius 2 is 1.73 bits per heavy atom. The van der Waals surface area contributed by atoms with Crippen molar-refractivity contribution < 1.29 is 14.4 Å². The molecule has 3 rings (SSSR count). The van der Waals surface area contributed by atoms with Gasteiger partial charge in [-0.05, 0) is 43.4 Å². The zero-order valence-electron chi connectivity index (χ0n) is 14.9. The largest absolute Gasteiger partial charge is 0.299 e. The quantitative estimate of drug-likeness (QED) is 0.583. The first-order valence-electron chi connectivity index (χ1n) is 8.93. The van der Waals surface area contributed by atoms with Crippen molar-refractivity contribution in [2.75, 3.05) is 0 Å². The summed E-state index contributed by atoms with van der Waals surface area (Å²) in [5, 5.41) is 0. The first kappa shape index (κ1) is 18.0. The van der Waals surface area contributed by atoms with Crippen LogP contribution in [0.5, 0.6) is 0 Å². The Bertz CT molecular complexity index is 864. The highest BCUT2D eigenvalue weighted by molar-refractivity contribution is 6.17. The maximum atomic E-state index is 13.0. The SMILES string of the molecule is CC(=O)[C@@]1(/C=C\C(=O)CCc2ccccc2)CCc2ccccc2C1=O. The molecule has 1 aliphatic carbocycles. The fraction of sp³-hybridized carbons (Fsp3) is 0.261. The summed E-state index contributed by atoms with van der Waals surface area (Å²) in [5.74, 6) is -0.468. The van der Waals surface area contributed by atoms with Crippen molar-refractivity contribution in [2.24, 2.45) is 5.41 Å². The number of hydrogen-bond acceptors (Lipinski definition) is 3. The Kier molecular flexibility index (Phi) is 5.27. The lowest BCUT2D eigenvalue weighted by Crippen LogP contribution is -2.40. The van der Waals surface area contributed by atoms with Crippen LogP contribution in [0.25, 0.3) is 0 Å². The van der Waals surface area contributed by atoms with Crippen molar-refractivity contribution in [3.63, 3.8) is 0 Å². The molecule has 0 N–H and O–H groups in total. The third-order valence-electron chi connectivity index (χ3n) is 5.14. The molecule has 0 saturated carbocycles. The van der Waals surface area contributed by atoms with Gasteiger partial charge < -0.3 is 0 Å². The number of hydrogen-bond donors (Lipinski definition) is 0. The van der Waals surface area contributed by atoms with E-state index >= 15 is 0 Å². The molecule has 3 nitrogen and oxygen atoms in total. The van der Waals surface area contributed by atoms with Gasteiger partial charge in [0.05, 0.1) is 0 Å². The summed E-state index contributed by atoms with van der Waals surface area (Å²) >= 11 is 0. The van der Waals surface area contributed by atoms with E-state index in [1.165, 1.54) is 13.0 Å². The second-order valence-electron chi connectivity index (χ2n) is 6.80. The molecule has 0 bridgehead atoms. The minimum absolute atomic E-state index is 0.0684. The van der Waals surface area contributed by atoms with Crippen molar-refractivity contribution >= 4 is 17.3 Å². The van der Waals surface area contributed by atoms with Crippen LogP contribution in [0.15, 0.2) is 66.7 Å². The molecule has 0 amide bonds. The smallest absolute Gasteiger partial charge is 0.180 e. The van der Waals surface area contributed by atoms with Crippen LogP contribution in [0.4, 0.5) is 0 Å². The molecular weight excluding hydrogens is 324 g/mol. The molecule has 0 saturated heterocycles. The number of aryl methyl sites for hydroxylation is 2. The van der Waals surface area contributed by atoms with Crippen LogP contribution in [0.1, 0.15) is 41.3 Å². The fourth-order valence-electron chi connectivity index (χ4n) is 3.49. The second kappa shape index (κ2) is 7.61. The molecule has 3 heteroatoms. The van der Waals surface area contributed by atoms with Gasteiger partial charge in [-0.25, -0.2) is 0 Å². The van der Waals surface area contributed by atoms with E-state index in [0.29, 0.717) is 31.2 Å². The highest BCUT2D eigenvalue weighted by Crippen LogP contribution is 2.37. The molecule has 0 heterocycles. The first-order valence-corrected chi connectivity index (χ1v) is 8.93. The third kappa shape index (κ3) is 3.57. The van der Waals surface area contributed by atoms with E-state index in [1.807, 2.05) is 48.5 Å². The summed E-state index contributed by atoms with van der Waals surface area (Å²) in [4.78, 5) is 37.6. The molecule has 132 valence electrons. The first-order chi connectivity index (χ1) is 12.5. The molecule has 1 aliphatic rings. The minimum Gasteiger partial charge on any atom is -0.299 e. The van der Waals surface area contributed by atoms with Crippen molar-refractivity contribution in [3.8, 4) is 0 Å². The average molecular weight is 346 g/mol. The lowest BCUT2D eigenvalue weighted by Gasteiger charge is -2.31. The van der Waals surface area contributed by atoms with Crippen LogP contribution in [0, 0.1) is 5.41 Å². The van der Waals surface area contributed by atoms with Gasteiger partial charge in [0.15, 0.2) is 11.6 Å². The molecule has 2 aromatic rings. The standard InChI is InChI=1S/C23H22O3/c1-17(24)23(15-13-19-9-5-6-10-21(19)22(23)26)16-14-20(25)12-11-18-7-3-2-4-8-18/h2-10,14,16H,11-13,15H2,1H3/b16-14-/t23-/m0/s1. The predicted octanol–water partition coefficient (Wildman–Crippen LogP) is 4.15. The highest BCUT2D eigenvalue weighted by atomic mass is 16.2. The van der Waals surface area contributed by atoms with E-state index in [9.17, 15) is 14.4 Å². The van der Waals surface area contributed by atoms with Gasteiger partial charge in [0.1, 0.15) is 11.2 Å². The lowest BCUT2D eigenvalue weighted by molar-refractivity contribution is -0.122. The Balaban J connectivity index is 1.76. The van der Waals surface area contributed by atoms with E-state index in [-0.39, 0.29) is 17.3 Å². The molecular formula is C23H22O3. The van der Waals surface area contributed by atoms with Crippen LogP contribution in [0.2, 0.25) is 0 Å². The molecule has 2 aromatic carbocycles. The number of fused-ring (bicyclic) bond motifs is 1. The van der Waals surface area contributed by atoms with Gasteiger partial charge in [0, 0.05) is 12.0 Å². The average Bonchev–Trinajstić information content (AvgIpc) is 2.67. The van der Waals surface area contributed by atoms with Gasteiger partial charge in [-0.3, -0.25) is 14.4 Å². The number of rotatable bonds is 6. The maximum Gasteiger partial charge on any atom is 0.180 e. The van der Waals surface area contributed by atoms with Gasteiger partial charge in [0.2, 0.25) is 0 Å².